The highest BCUT2D eigenvalue weighted by atomic mass is 16.6. The first kappa shape index (κ1) is 18.1. The molecule has 1 aromatic heterocycles. The van der Waals surface area contributed by atoms with Crippen LogP contribution in [-0.2, 0) is 20.7 Å². The number of amides is 1. The maximum atomic E-state index is 12.0. The van der Waals surface area contributed by atoms with Crippen molar-refractivity contribution < 1.29 is 19.2 Å². The number of nitro benzene ring substituents is 1. The van der Waals surface area contributed by atoms with Crippen LogP contribution in [0.3, 0.4) is 0 Å². The van der Waals surface area contributed by atoms with E-state index >= 15 is 0 Å². The van der Waals surface area contributed by atoms with Crippen LogP contribution >= 0.6 is 0 Å². The largest absolute Gasteiger partial charge is 0.455 e. The number of aromatic nitrogens is 1. The van der Waals surface area contributed by atoms with Gasteiger partial charge in [0.25, 0.3) is 11.6 Å². The number of para-hydroxylation sites is 2. The van der Waals surface area contributed by atoms with Crippen LogP contribution in [0.5, 0.6) is 0 Å². The molecule has 2 aromatic carbocycles. The molecule has 8 nitrogen and oxygen atoms in total. The van der Waals surface area contributed by atoms with E-state index in [1.165, 1.54) is 12.1 Å². The minimum Gasteiger partial charge on any atom is -0.455 e. The Hall–Kier alpha value is -3.68. The van der Waals surface area contributed by atoms with Gasteiger partial charge >= 0.3 is 5.97 Å². The smallest absolute Gasteiger partial charge is 0.310 e. The standard InChI is InChI=1S/C19H17N3O5/c1-12-5-4-8-16(22(25)26)19(12)21-17(23)11-27-18(24)9-13-10-20-15-7-3-2-6-14(13)15/h2-8,10,20H,9,11H2,1H3,(H,21,23). The topological polar surface area (TPSA) is 114 Å². The van der Waals surface area contributed by atoms with E-state index in [9.17, 15) is 19.7 Å². The first-order chi connectivity index (χ1) is 13.0. The van der Waals surface area contributed by atoms with Gasteiger partial charge in [0.15, 0.2) is 6.61 Å². The predicted octanol–water partition coefficient (Wildman–Crippen LogP) is 3.11. The van der Waals surface area contributed by atoms with Gasteiger partial charge in [0, 0.05) is 23.2 Å². The van der Waals surface area contributed by atoms with Crippen molar-refractivity contribution in [1.29, 1.82) is 0 Å². The van der Waals surface area contributed by atoms with Crippen LogP contribution in [0, 0.1) is 17.0 Å². The molecule has 0 aliphatic rings. The summed E-state index contributed by atoms with van der Waals surface area (Å²) in [6, 6.07) is 12.0. The molecule has 138 valence electrons. The number of nitrogens with zero attached hydrogens (tertiary/aromatic N) is 1. The number of anilines is 1. The molecule has 0 unspecified atom stereocenters. The van der Waals surface area contributed by atoms with E-state index < -0.39 is 23.4 Å². The Morgan fingerprint density at radius 1 is 1.19 bits per heavy atom. The second-order valence-electron chi connectivity index (χ2n) is 5.97. The number of benzene rings is 2. The van der Waals surface area contributed by atoms with Crippen molar-refractivity contribution in [2.75, 3.05) is 11.9 Å². The third-order valence-corrected chi connectivity index (χ3v) is 4.09. The third kappa shape index (κ3) is 4.12. The van der Waals surface area contributed by atoms with Crippen LogP contribution in [0.2, 0.25) is 0 Å². The van der Waals surface area contributed by atoms with Gasteiger partial charge in [-0.05, 0) is 24.1 Å². The van der Waals surface area contributed by atoms with Crippen LogP contribution in [0.1, 0.15) is 11.1 Å². The number of esters is 1. The Bertz CT molecular complexity index is 1030. The summed E-state index contributed by atoms with van der Waals surface area (Å²) in [6.45, 7) is 1.12. The molecule has 0 radical (unpaired) electrons. The summed E-state index contributed by atoms with van der Waals surface area (Å²) in [4.78, 5) is 37.6. The van der Waals surface area contributed by atoms with Crippen LogP contribution in [0.15, 0.2) is 48.7 Å². The summed E-state index contributed by atoms with van der Waals surface area (Å²) in [5.74, 6) is -1.20. The number of nitro groups is 1. The van der Waals surface area contributed by atoms with Gasteiger partial charge in [-0.15, -0.1) is 0 Å². The van der Waals surface area contributed by atoms with Crippen molar-refractivity contribution in [3.63, 3.8) is 0 Å². The fourth-order valence-corrected chi connectivity index (χ4v) is 2.77. The maximum Gasteiger partial charge on any atom is 0.310 e. The number of aryl methyl sites for hydroxylation is 1. The summed E-state index contributed by atoms with van der Waals surface area (Å²) in [5.41, 5.74) is 2.10. The highest BCUT2D eigenvalue weighted by Gasteiger charge is 2.18. The first-order valence-corrected chi connectivity index (χ1v) is 8.20. The molecule has 0 bridgehead atoms. The number of ether oxygens (including phenoxy) is 1. The maximum absolute atomic E-state index is 12.0. The Kier molecular flexibility index (Phi) is 5.16. The van der Waals surface area contributed by atoms with Gasteiger partial charge in [-0.2, -0.15) is 0 Å². The first-order valence-electron chi connectivity index (χ1n) is 8.20. The zero-order chi connectivity index (χ0) is 19.4. The van der Waals surface area contributed by atoms with E-state index in [2.05, 4.69) is 10.3 Å². The minimum atomic E-state index is -0.639. The van der Waals surface area contributed by atoms with Gasteiger partial charge < -0.3 is 15.0 Å². The number of rotatable bonds is 6. The van der Waals surface area contributed by atoms with Crippen LogP contribution in [0.25, 0.3) is 10.9 Å². The molecule has 3 aromatic rings. The quantitative estimate of drug-likeness (QED) is 0.395. The average molecular weight is 367 g/mol. The molecular formula is C19H17N3O5. The molecule has 8 heteroatoms. The van der Waals surface area contributed by atoms with E-state index in [1.807, 2.05) is 24.3 Å². The van der Waals surface area contributed by atoms with Gasteiger partial charge in [0.2, 0.25) is 0 Å². The predicted molar refractivity (Wildman–Crippen MR) is 99.4 cm³/mol. The molecule has 0 atom stereocenters. The Morgan fingerprint density at radius 2 is 1.96 bits per heavy atom. The molecule has 2 N–H and O–H groups in total. The van der Waals surface area contributed by atoms with Crippen molar-refractivity contribution in [3.8, 4) is 0 Å². The van der Waals surface area contributed by atoms with Gasteiger partial charge in [0.1, 0.15) is 5.69 Å². The summed E-state index contributed by atoms with van der Waals surface area (Å²) < 4.78 is 5.00. The molecule has 0 saturated carbocycles. The number of hydrogen-bond acceptors (Lipinski definition) is 5. The number of carbonyl (C=O) groups excluding carboxylic acids is 2. The van der Waals surface area contributed by atoms with E-state index in [1.54, 1.807) is 19.2 Å². The molecule has 1 amide bonds. The van der Waals surface area contributed by atoms with Crippen LogP contribution < -0.4 is 5.32 Å². The van der Waals surface area contributed by atoms with Crippen LogP contribution in [-0.4, -0.2) is 28.4 Å². The summed E-state index contributed by atoms with van der Waals surface area (Å²) in [7, 11) is 0. The molecule has 27 heavy (non-hydrogen) atoms. The van der Waals surface area contributed by atoms with E-state index in [0.717, 1.165) is 16.5 Å². The lowest BCUT2D eigenvalue weighted by Gasteiger charge is -2.09. The number of aromatic amines is 1. The second kappa shape index (κ2) is 7.69. The lowest BCUT2D eigenvalue weighted by Crippen LogP contribution is -2.22. The number of carbonyl (C=O) groups is 2. The van der Waals surface area contributed by atoms with E-state index in [0.29, 0.717) is 5.56 Å². The molecule has 0 aliphatic heterocycles. The van der Waals surface area contributed by atoms with Crippen molar-refractivity contribution in [2.45, 2.75) is 13.3 Å². The molecule has 3 rings (SSSR count). The highest BCUT2D eigenvalue weighted by molar-refractivity contribution is 5.96. The zero-order valence-electron chi connectivity index (χ0n) is 14.5. The van der Waals surface area contributed by atoms with Crippen molar-refractivity contribution in [1.82, 2.24) is 4.98 Å². The molecule has 0 saturated heterocycles. The number of hydrogen-bond donors (Lipinski definition) is 2. The Morgan fingerprint density at radius 3 is 2.74 bits per heavy atom. The third-order valence-electron chi connectivity index (χ3n) is 4.09. The van der Waals surface area contributed by atoms with Gasteiger partial charge in [-0.3, -0.25) is 19.7 Å². The molecule has 0 spiro atoms. The summed E-state index contributed by atoms with van der Waals surface area (Å²) in [5, 5.41) is 14.4. The SMILES string of the molecule is Cc1cccc([N+](=O)[O-])c1NC(=O)COC(=O)Cc1c[nH]c2ccccc12. The molecule has 1 heterocycles. The van der Waals surface area contributed by atoms with Gasteiger partial charge in [0.05, 0.1) is 11.3 Å². The van der Waals surface area contributed by atoms with Crippen molar-refractivity contribution >= 4 is 34.2 Å². The second-order valence-corrected chi connectivity index (χ2v) is 5.97. The van der Waals surface area contributed by atoms with Crippen molar-refractivity contribution in [2.24, 2.45) is 0 Å². The number of fused-ring (bicyclic) bond motifs is 1. The monoisotopic (exact) mass is 367 g/mol. The average Bonchev–Trinajstić information content (AvgIpc) is 3.04. The van der Waals surface area contributed by atoms with E-state index in [4.69, 9.17) is 4.74 Å². The Labute approximate surface area is 154 Å². The molecular weight excluding hydrogens is 350 g/mol. The van der Waals surface area contributed by atoms with Crippen molar-refractivity contribution in [3.05, 3.63) is 69.9 Å². The molecule has 0 fully saturated rings. The van der Waals surface area contributed by atoms with E-state index in [-0.39, 0.29) is 17.8 Å². The fourth-order valence-electron chi connectivity index (χ4n) is 2.77. The van der Waals surface area contributed by atoms with Crippen LogP contribution in [0.4, 0.5) is 11.4 Å². The van der Waals surface area contributed by atoms with Gasteiger partial charge in [-0.1, -0.05) is 30.3 Å². The lowest BCUT2D eigenvalue weighted by atomic mass is 10.1. The summed E-state index contributed by atoms with van der Waals surface area (Å²) >= 11 is 0. The Balaban J connectivity index is 1.60. The fraction of sp³-hybridized carbons (Fsp3) is 0.158. The zero-order valence-corrected chi connectivity index (χ0v) is 14.5. The lowest BCUT2D eigenvalue weighted by molar-refractivity contribution is -0.384. The molecule has 0 aliphatic carbocycles. The normalized spacial score (nSPS) is 10.6. The highest BCUT2D eigenvalue weighted by Crippen LogP contribution is 2.27. The minimum absolute atomic E-state index is 0.0157. The number of nitrogens with one attached hydrogen (secondary N) is 2. The summed E-state index contributed by atoms with van der Waals surface area (Å²) in [6.07, 6.45) is 1.74. The number of H-pyrrole nitrogens is 1. The van der Waals surface area contributed by atoms with Gasteiger partial charge in [-0.25, -0.2) is 0 Å².